The van der Waals surface area contributed by atoms with E-state index in [0.29, 0.717) is 23.5 Å². The number of carbonyl (C=O) groups excluding carboxylic acids is 1. The summed E-state index contributed by atoms with van der Waals surface area (Å²) in [5, 5.41) is 0. The molecule has 0 aromatic heterocycles. The minimum atomic E-state index is -2.22. The van der Waals surface area contributed by atoms with Gasteiger partial charge in [-0.25, -0.2) is 13.3 Å². The summed E-state index contributed by atoms with van der Waals surface area (Å²) in [6.07, 6.45) is 0. The lowest BCUT2D eigenvalue weighted by Crippen LogP contribution is -2.20. The molecule has 2 rings (SSSR count). The number of aryl methyl sites for hydroxylation is 1. The van der Waals surface area contributed by atoms with E-state index < -0.39 is 17.2 Å². The Morgan fingerprint density at radius 1 is 1.18 bits per heavy atom. The summed E-state index contributed by atoms with van der Waals surface area (Å²) in [5.74, 6) is -0.415. The summed E-state index contributed by atoms with van der Waals surface area (Å²) in [7, 11) is 0. The summed E-state index contributed by atoms with van der Waals surface area (Å²) in [5.41, 5.74) is 2.42. The van der Waals surface area contributed by atoms with Gasteiger partial charge >= 0.3 is 5.97 Å². The highest BCUT2D eigenvalue weighted by Crippen LogP contribution is 2.29. The van der Waals surface area contributed by atoms with Crippen molar-refractivity contribution >= 4 is 28.6 Å². The van der Waals surface area contributed by atoms with Crippen LogP contribution in [-0.4, -0.2) is 21.3 Å². The van der Waals surface area contributed by atoms with E-state index in [4.69, 9.17) is 4.74 Å². The molecule has 116 valence electrons. The third kappa shape index (κ3) is 3.52. The van der Waals surface area contributed by atoms with Crippen molar-refractivity contribution < 1.29 is 18.3 Å². The monoisotopic (exact) mass is 319 g/mol. The maximum Gasteiger partial charge on any atom is 0.338 e. The van der Waals surface area contributed by atoms with E-state index in [1.165, 1.54) is 4.31 Å². The number of esters is 1. The van der Waals surface area contributed by atoms with E-state index in [2.05, 4.69) is 0 Å². The van der Waals surface area contributed by atoms with E-state index in [0.717, 1.165) is 5.56 Å². The van der Waals surface area contributed by atoms with Crippen molar-refractivity contribution in [1.82, 2.24) is 0 Å². The summed E-state index contributed by atoms with van der Waals surface area (Å²) in [6, 6.07) is 13.7. The molecule has 2 aromatic carbocycles. The smallest absolute Gasteiger partial charge is 0.338 e. The first kappa shape index (κ1) is 16.2. The Hall–Kier alpha value is -2.18. The molecule has 0 bridgehead atoms. The topological polar surface area (TPSA) is 66.8 Å². The molecule has 0 saturated heterocycles. The zero-order chi connectivity index (χ0) is 16.1. The Morgan fingerprint density at radius 3 is 2.36 bits per heavy atom. The van der Waals surface area contributed by atoms with E-state index in [9.17, 15) is 13.6 Å². The zero-order valence-corrected chi connectivity index (χ0v) is 13.2. The number of anilines is 2. The van der Waals surface area contributed by atoms with Crippen molar-refractivity contribution in [3.8, 4) is 0 Å². The standard InChI is InChI=1S/C16H17NO4S/c1-3-21-16(18)13-8-10-14(11-9-13)17(22(19)20)15-7-5-4-6-12(15)2/h4-11H,3H2,1-2H3,(H,19,20). The Bertz CT molecular complexity index is 685. The second kappa shape index (κ2) is 7.20. The summed E-state index contributed by atoms with van der Waals surface area (Å²) in [4.78, 5) is 11.6. The van der Waals surface area contributed by atoms with Gasteiger partial charge in [-0.1, -0.05) is 18.2 Å². The van der Waals surface area contributed by atoms with Gasteiger partial charge in [-0.2, -0.15) is 0 Å². The number of hydrogen-bond acceptors (Lipinski definition) is 3. The van der Waals surface area contributed by atoms with Crippen LogP contribution >= 0.6 is 0 Å². The Balaban J connectivity index is 2.37. The lowest BCUT2D eigenvalue weighted by atomic mass is 10.1. The normalized spacial score (nSPS) is 11.8. The highest BCUT2D eigenvalue weighted by atomic mass is 32.2. The van der Waals surface area contributed by atoms with Crippen molar-refractivity contribution in [2.24, 2.45) is 0 Å². The first-order valence-corrected chi connectivity index (χ1v) is 7.85. The number of carbonyl (C=O) groups is 1. The average Bonchev–Trinajstić information content (AvgIpc) is 2.50. The van der Waals surface area contributed by atoms with Crippen LogP contribution in [0.3, 0.4) is 0 Å². The molecular formula is C16H17NO4S. The molecule has 0 amide bonds. The van der Waals surface area contributed by atoms with Crippen LogP contribution in [0.25, 0.3) is 0 Å². The van der Waals surface area contributed by atoms with Crippen LogP contribution in [0.1, 0.15) is 22.8 Å². The van der Waals surface area contributed by atoms with Crippen LogP contribution in [0.15, 0.2) is 48.5 Å². The van der Waals surface area contributed by atoms with Gasteiger partial charge < -0.3 is 4.74 Å². The predicted octanol–water partition coefficient (Wildman–Crippen LogP) is 3.45. The first-order chi connectivity index (χ1) is 10.5. The highest BCUT2D eigenvalue weighted by Gasteiger charge is 2.17. The van der Waals surface area contributed by atoms with Crippen molar-refractivity contribution in [3.63, 3.8) is 0 Å². The van der Waals surface area contributed by atoms with Crippen molar-refractivity contribution in [2.45, 2.75) is 13.8 Å². The largest absolute Gasteiger partial charge is 0.462 e. The number of hydrogen-bond donors (Lipinski definition) is 1. The van der Waals surface area contributed by atoms with E-state index in [1.807, 2.05) is 19.1 Å². The third-order valence-corrected chi connectivity index (χ3v) is 3.82. The van der Waals surface area contributed by atoms with E-state index in [1.54, 1.807) is 43.3 Å². The van der Waals surface area contributed by atoms with Gasteiger partial charge in [0, 0.05) is 0 Å². The number of para-hydroxylation sites is 1. The van der Waals surface area contributed by atoms with Gasteiger partial charge in [0.25, 0.3) is 11.3 Å². The Morgan fingerprint density at radius 2 is 1.82 bits per heavy atom. The second-order valence-corrected chi connectivity index (χ2v) is 5.41. The van der Waals surface area contributed by atoms with Crippen LogP contribution in [-0.2, 0) is 16.0 Å². The number of ether oxygens (including phenoxy) is 1. The molecule has 0 fully saturated rings. The average molecular weight is 319 g/mol. The molecule has 0 aliphatic heterocycles. The fourth-order valence-corrected chi connectivity index (χ4v) is 2.73. The molecule has 1 atom stereocenters. The molecule has 0 radical (unpaired) electrons. The number of benzene rings is 2. The van der Waals surface area contributed by atoms with Gasteiger partial charge in [0.15, 0.2) is 0 Å². The lowest BCUT2D eigenvalue weighted by molar-refractivity contribution is 0.0526. The summed E-state index contributed by atoms with van der Waals surface area (Å²) < 4.78 is 27.5. The molecule has 1 unspecified atom stereocenters. The minimum absolute atomic E-state index is 0.302. The second-order valence-electron chi connectivity index (χ2n) is 4.58. The van der Waals surface area contributed by atoms with Gasteiger partial charge in [0.1, 0.15) is 0 Å². The van der Waals surface area contributed by atoms with Crippen LogP contribution in [0, 0.1) is 6.92 Å². The molecular weight excluding hydrogens is 302 g/mol. The van der Waals surface area contributed by atoms with Gasteiger partial charge in [-0.15, -0.1) is 0 Å². The third-order valence-electron chi connectivity index (χ3n) is 3.10. The molecule has 1 N–H and O–H groups in total. The molecule has 6 heteroatoms. The SMILES string of the molecule is CCOC(=O)c1ccc(N(c2ccccc2C)S(=O)O)cc1. The van der Waals surface area contributed by atoms with Crippen LogP contribution in [0.4, 0.5) is 11.4 Å². The molecule has 22 heavy (non-hydrogen) atoms. The van der Waals surface area contributed by atoms with Gasteiger partial charge in [-0.05, 0) is 49.7 Å². The fraction of sp³-hybridized carbons (Fsp3) is 0.188. The van der Waals surface area contributed by atoms with E-state index in [-0.39, 0.29) is 0 Å². The maximum absolute atomic E-state index is 11.7. The van der Waals surface area contributed by atoms with Crippen LogP contribution in [0.2, 0.25) is 0 Å². The van der Waals surface area contributed by atoms with Crippen LogP contribution in [0.5, 0.6) is 0 Å². The molecule has 5 nitrogen and oxygen atoms in total. The minimum Gasteiger partial charge on any atom is -0.462 e. The molecule has 0 saturated carbocycles. The fourth-order valence-electron chi connectivity index (χ4n) is 2.05. The maximum atomic E-state index is 11.7. The molecule has 0 heterocycles. The molecule has 0 aliphatic rings. The molecule has 2 aromatic rings. The summed E-state index contributed by atoms with van der Waals surface area (Å²) in [6.45, 7) is 3.90. The van der Waals surface area contributed by atoms with Gasteiger partial charge in [-0.3, -0.25) is 4.55 Å². The molecule has 0 aliphatic carbocycles. The highest BCUT2D eigenvalue weighted by molar-refractivity contribution is 7.81. The Labute approximate surface area is 131 Å². The van der Waals surface area contributed by atoms with Crippen molar-refractivity contribution in [1.29, 1.82) is 0 Å². The number of rotatable bonds is 5. The van der Waals surface area contributed by atoms with E-state index >= 15 is 0 Å². The quantitative estimate of drug-likeness (QED) is 0.677. The van der Waals surface area contributed by atoms with Crippen molar-refractivity contribution in [2.75, 3.05) is 10.9 Å². The zero-order valence-electron chi connectivity index (χ0n) is 12.4. The lowest BCUT2D eigenvalue weighted by Gasteiger charge is -2.22. The Kier molecular flexibility index (Phi) is 5.30. The first-order valence-electron chi connectivity index (χ1n) is 6.78. The van der Waals surface area contributed by atoms with Crippen molar-refractivity contribution in [3.05, 3.63) is 59.7 Å². The van der Waals surface area contributed by atoms with Gasteiger partial charge in [0.05, 0.1) is 23.5 Å². The van der Waals surface area contributed by atoms with Crippen LogP contribution < -0.4 is 4.31 Å². The number of nitrogens with zero attached hydrogens (tertiary/aromatic N) is 1. The predicted molar refractivity (Wildman–Crippen MR) is 86.5 cm³/mol. The summed E-state index contributed by atoms with van der Waals surface area (Å²) >= 11 is -2.22. The van der Waals surface area contributed by atoms with Gasteiger partial charge in [0.2, 0.25) is 0 Å². The molecule has 0 spiro atoms.